The zero-order valence-electron chi connectivity index (χ0n) is 16.1. The number of thiazole rings is 1. The van der Waals surface area contributed by atoms with E-state index in [2.05, 4.69) is 6.07 Å². The Kier molecular flexibility index (Phi) is 5.68. The highest BCUT2D eigenvalue weighted by Crippen LogP contribution is 2.19. The van der Waals surface area contributed by atoms with Crippen LogP contribution < -0.4 is 14.8 Å². The molecule has 0 spiro atoms. The predicted octanol–water partition coefficient (Wildman–Crippen LogP) is 2.66. The Balaban J connectivity index is 2.85. The van der Waals surface area contributed by atoms with Crippen molar-refractivity contribution in [1.82, 2.24) is 4.57 Å². The maximum Gasteiger partial charge on any atom is 0.269 e. The first kappa shape index (κ1) is 19.9. The summed E-state index contributed by atoms with van der Waals surface area (Å²) in [6, 6.07) is 8.07. The Morgan fingerprint density at radius 3 is 2.46 bits per heavy atom. The van der Waals surface area contributed by atoms with Gasteiger partial charge in [0.25, 0.3) is 5.56 Å². The summed E-state index contributed by atoms with van der Waals surface area (Å²) in [7, 11) is 0. The molecule has 0 unspecified atom stereocenters. The van der Waals surface area contributed by atoms with Gasteiger partial charge in [0.15, 0.2) is 5.78 Å². The van der Waals surface area contributed by atoms with Gasteiger partial charge in [0.2, 0.25) is 0 Å². The number of hydrogen-bond acceptors (Lipinski definition) is 4. The maximum absolute atomic E-state index is 12.8. The largest absolute Gasteiger partial charge is 0.298 e. The number of nitrogens with zero attached hydrogens (tertiary/aromatic N) is 2. The zero-order valence-corrected chi connectivity index (χ0v) is 17.0. The van der Waals surface area contributed by atoms with Gasteiger partial charge in [-0.15, -0.1) is 11.3 Å². The number of hydrogen-bond donors (Lipinski definition) is 0. The van der Waals surface area contributed by atoms with Gasteiger partial charge in [-0.3, -0.25) is 14.2 Å². The van der Waals surface area contributed by atoms with Gasteiger partial charge in [-0.05, 0) is 38.0 Å². The third-order valence-corrected chi connectivity index (χ3v) is 5.30. The second-order valence-corrected chi connectivity index (χ2v) is 8.42. The van der Waals surface area contributed by atoms with Crippen LogP contribution in [0.2, 0.25) is 0 Å². The number of rotatable bonds is 3. The molecule has 136 valence electrons. The standard InChI is InChI=1S/C21H24N2O2S/c1-7-23-19(25)17(11-15-9-8-13(2)10-14(15)3)26-20(23)16(12-22)18(24)21(4,5)6/h8-11H,7H2,1-6H3/b17-11+,20-16-. The van der Waals surface area contributed by atoms with Crippen LogP contribution >= 0.6 is 11.3 Å². The molecule has 4 nitrogen and oxygen atoms in total. The van der Waals surface area contributed by atoms with Crippen LogP contribution in [0.4, 0.5) is 0 Å². The van der Waals surface area contributed by atoms with Crippen molar-refractivity contribution in [2.75, 3.05) is 0 Å². The van der Waals surface area contributed by atoms with Gasteiger partial charge in [0, 0.05) is 12.0 Å². The molecule has 0 bridgehead atoms. The molecule has 0 saturated heterocycles. The minimum absolute atomic E-state index is 0.0572. The number of benzene rings is 1. The summed E-state index contributed by atoms with van der Waals surface area (Å²) in [4.78, 5) is 25.5. The van der Waals surface area contributed by atoms with Crippen molar-refractivity contribution in [1.29, 1.82) is 5.26 Å². The normalized spacial score (nSPS) is 13.5. The van der Waals surface area contributed by atoms with E-state index >= 15 is 0 Å². The molecule has 0 aliphatic rings. The minimum Gasteiger partial charge on any atom is -0.298 e. The van der Waals surface area contributed by atoms with Gasteiger partial charge >= 0.3 is 0 Å². The molecular weight excluding hydrogens is 344 g/mol. The predicted molar refractivity (Wildman–Crippen MR) is 106 cm³/mol. The van der Waals surface area contributed by atoms with E-state index in [4.69, 9.17) is 0 Å². The van der Waals surface area contributed by atoms with Crippen molar-refractivity contribution in [2.24, 2.45) is 5.41 Å². The molecule has 0 aliphatic carbocycles. The van der Waals surface area contributed by atoms with Crippen LogP contribution in [0.3, 0.4) is 0 Å². The average Bonchev–Trinajstić information content (AvgIpc) is 2.85. The van der Waals surface area contributed by atoms with E-state index < -0.39 is 5.41 Å². The van der Waals surface area contributed by atoms with Crippen LogP contribution in [0.5, 0.6) is 0 Å². The van der Waals surface area contributed by atoms with Crippen molar-refractivity contribution in [3.8, 4) is 6.07 Å². The molecular formula is C21H24N2O2S. The number of nitriles is 1. The first-order valence-electron chi connectivity index (χ1n) is 8.58. The highest BCUT2D eigenvalue weighted by atomic mass is 32.1. The molecule has 0 fully saturated rings. The molecule has 2 aromatic rings. The molecule has 1 heterocycles. The molecule has 26 heavy (non-hydrogen) atoms. The summed E-state index contributed by atoms with van der Waals surface area (Å²) in [5.41, 5.74) is 2.42. The average molecular weight is 369 g/mol. The van der Waals surface area contributed by atoms with Gasteiger partial charge in [0.1, 0.15) is 16.3 Å². The lowest BCUT2D eigenvalue weighted by Crippen LogP contribution is -2.33. The van der Waals surface area contributed by atoms with E-state index in [1.54, 1.807) is 20.8 Å². The first-order chi connectivity index (χ1) is 12.1. The Bertz CT molecular complexity index is 1070. The third-order valence-electron chi connectivity index (χ3n) is 4.17. The third kappa shape index (κ3) is 3.86. The lowest BCUT2D eigenvalue weighted by atomic mass is 9.87. The molecule has 1 aromatic heterocycles. The summed E-state index contributed by atoms with van der Waals surface area (Å²) in [5.74, 6) is -0.249. The highest BCUT2D eigenvalue weighted by Gasteiger charge is 2.27. The number of carbonyl (C=O) groups is 1. The lowest BCUT2D eigenvalue weighted by molar-refractivity contribution is -0.120. The van der Waals surface area contributed by atoms with Gasteiger partial charge in [-0.1, -0.05) is 44.5 Å². The summed E-state index contributed by atoms with van der Waals surface area (Å²) in [6.07, 6.45) is 1.84. The van der Waals surface area contributed by atoms with Crippen LogP contribution in [-0.2, 0) is 11.3 Å². The van der Waals surface area contributed by atoms with Crippen LogP contribution in [0.25, 0.3) is 11.6 Å². The van der Waals surface area contributed by atoms with E-state index in [1.807, 2.05) is 45.0 Å². The molecule has 5 heteroatoms. The Morgan fingerprint density at radius 1 is 1.31 bits per heavy atom. The SMILES string of the molecule is CCn1c(=O)/c(=C\c2ccc(C)cc2C)s/c1=C(/C#N)C(=O)C(C)(C)C. The molecule has 2 rings (SSSR count). The monoisotopic (exact) mass is 368 g/mol. The van der Waals surface area contributed by atoms with Crippen molar-refractivity contribution >= 4 is 28.8 Å². The van der Waals surface area contributed by atoms with E-state index in [0.29, 0.717) is 15.7 Å². The second-order valence-electron chi connectivity index (χ2n) is 7.39. The molecule has 0 radical (unpaired) electrons. The van der Waals surface area contributed by atoms with E-state index in [9.17, 15) is 14.9 Å². The molecule has 0 N–H and O–H groups in total. The van der Waals surface area contributed by atoms with Gasteiger partial charge in [-0.25, -0.2) is 0 Å². The molecule has 0 amide bonds. The van der Waals surface area contributed by atoms with Crippen molar-refractivity contribution in [3.63, 3.8) is 0 Å². The quantitative estimate of drug-likeness (QED) is 0.837. The highest BCUT2D eigenvalue weighted by molar-refractivity contribution is 7.07. The number of Topliss-reactive ketones (excluding diaryl/α,β-unsaturated/α-hetero) is 1. The Morgan fingerprint density at radius 2 is 1.96 bits per heavy atom. The van der Waals surface area contributed by atoms with Crippen molar-refractivity contribution < 1.29 is 4.79 Å². The number of carbonyl (C=O) groups excluding carboxylic acids is 1. The summed E-state index contributed by atoms with van der Waals surface area (Å²) < 4.78 is 2.49. The fourth-order valence-corrected chi connectivity index (χ4v) is 3.85. The van der Waals surface area contributed by atoms with E-state index in [0.717, 1.165) is 16.7 Å². The van der Waals surface area contributed by atoms with Gasteiger partial charge < -0.3 is 0 Å². The topological polar surface area (TPSA) is 62.9 Å². The van der Waals surface area contributed by atoms with Crippen LogP contribution in [0.1, 0.15) is 44.4 Å². The second kappa shape index (κ2) is 7.43. The van der Waals surface area contributed by atoms with E-state index in [-0.39, 0.29) is 16.9 Å². The number of aromatic nitrogens is 1. The number of ketones is 1. The van der Waals surface area contributed by atoms with Crippen LogP contribution in [-0.4, -0.2) is 10.4 Å². The fourth-order valence-electron chi connectivity index (χ4n) is 2.69. The van der Waals surface area contributed by atoms with E-state index in [1.165, 1.54) is 15.9 Å². The van der Waals surface area contributed by atoms with Gasteiger partial charge in [0.05, 0.1) is 4.53 Å². The lowest BCUT2D eigenvalue weighted by Gasteiger charge is -2.15. The summed E-state index contributed by atoms with van der Waals surface area (Å²) in [5, 5.41) is 9.57. The van der Waals surface area contributed by atoms with Crippen LogP contribution in [0.15, 0.2) is 23.0 Å². The smallest absolute Gasteiger partial charge is 0.269 e. The fraction of sp³-hybridized carbons (Fsp3) is 0.381. The van der Waals surface area contributed by atoms with Crippen molar-refractivity contribution in [3.05, 3.63) is 54.4 Å². The summed E-state index contributed by atoms with van der Waals surface area (Å²) >= 11 is 1.21. The number of aryl methyl sites for hydroxylation is 2. The van der Waals surface area contributed by atoms with Gasteiger partial charge in [-0.2, -0.15) is 5.26 Å². The zero-order chi connectivity index (χ0) is 19.6. The molecule has 0 atom stereocenters. The maximum atomic E-state index is 12.8. The molecule has 0 aliphatic heterocycles. The molecule has 1 aromatic carbocycles. The Hall–Kier alpha value is -2.45. The molecule has 0 saturated carbocycles. The first-order valence-corrected chi connectivity index (χ1v) is 9.39. The Labute approximate surface area is 157 Å². The minimum atomic E-state index is -0.679. The van der Waals surface area contributed by atoms with Crippen molar-refractivity contribution in [2.45, 2.75) is 48.1 Å². The van der Waals surface area contributed by atoms with Crippen LogP contribution in [0, 0.1) is 30.6 Å². The summed E-state index contributed by atoms with van der Waals surface area (Å²) in [6.45, 7) is 11.6.